The molecule has 2 aromatic rings. The second-order valence-corrected chi connectivity index (χ2v) is 6.09. The molecule has 0 amide bonds. The van der Waals surface area contributed by atoms with Gasteiger partial charge >= 0.3 is 0 Å². The molecule has 2 aromatic carbocycles. The molecule has 1 unspecified atom stereocenters. The Labute approximate surface area is 138 Å². The van der Waals surface area contributed by atoms with Gasteiger partial charge in [0.1, 0.15) is 0 Å². The summed E-state index contributed by atoms with van der Waals surface area (Å²) in [4.78, 5) is 0. The Kier molecular flexibility index (Phi) is 5.91. The van der Waals surface area contributed by atoms with Crippen molar-refractivity contribution in [2.24, 2.45) is 0 Å². The quantitative estimate of drug-likeness (QED) is 0.775. The van der Waals surface area contributed by atoms with Gasteiger partial charge in [0.15, 0.2) is 0 Å². The second-order valence-electron chi connectivity index (χ2n) is 5.68. The average molecular weight is 315 g/mol. The molecule has 0 spiro atoms. The van der Waals surface area contributed by atoms with Crippen molar-refractivity contribution in [3.63, 3.8) is 0 Å². The lowest BCUT2D eigenvalue weighted by Gasteiger charge is -2.24. The highest BCUT2D eigenvalue weighted by molar-refractivity contribution is 6.31. The zero-order chi connectivity index (χ0) is 15.9. The molecular weight excluding hydrogens is 292 g/mol. The van der Waals surface area contributed by atoms with E-state index in [1.165, 1.54) is 5.56 Å². The minimum atomic E-state index is 0.125. The van der Waals surface area contributed by atoms with Crippen molar-refractivity contribution in [2.45, 2.75) is 32.4 Å². The van der Waals surface area contributed by atoms with Crippen molar-refractivity contribution < 1.29 is 0 Å². The summed E-state index contributed by atoms with van der Waals surface area (Å²) in [5, 5.41) is 7.58. The van der Waals surface area contributed by atoms with Crippen molar-refractivity contribution in [3.05, 3.63) is 83.1 Å². The lowest BCUT2D eigenvalue weighted by atomic mass is 9.99. The van der Waals surface area contributed by atoms with E-state index < -0.39 is 0 Å². The maximum absolute atomic E-state index is 6.31. The fourth-order valence-corrected chi connectivity index (χ4v) is 2.63. The summed E-state index contributed by atoms with van der Waals surface area (Å²) in [5.74, 6) is 0.830. The number of hydrogen-bond donors (Lipinski definition) is 2. The Morgan fingerprint density at radius 2 is 1.64 bits per heavy atom. The van der Waals surface area contributed by atoms with Crippen LogP contribution in [0.25, 0.3) is 0 Å². The lowest BCUT2D eigenvalue weighted by Crippen LogP contribution is -2.33. The molecule has 116 valence electrons. The number of benzene rings is 2. The first-order valence-electron chi connectivity index (χ1n) is 7.56. The van der Waals surface area contributed by atoms with Gasteiger partial charge in [0, 0.05) is 11.1 Å². The molecule has 0 radical (unpaired) electrons. The van der Waals surface area contributed by atoms with Crippen LogP contribution in [0.15, 0.2) is 67.0 Å². The second kappa shape index (κ2) is 7.90. The third kappa shape index (κ3) is 4.81. The zero-order valence-corrected chi connectivity index (χ0v) is 13.9. The van der Waals surface area contributed by atoms with Gasteiger partial charge in [0.25, 0.3) is 0 Å². The van der Waals surface area contributed by atoms with E-state index in [9.17, 15) is 0 Å². The van der Waals surface area contributed by atoms with Crippen LogP contribution in [0, 0.1) is 0 Å². The normalized spacial score (nSPS) is 12.0. The summed E-state index contributed by atoms with van der Waals surface area (Å²) >= 11 is 6.31. The molecule has 2 nitrogen and oxygen atoms in total. The largest absolute Gasteiger partial charge is 0.370 e. The van der Waals surface area contributed by atoms with Gasteiger partial charge in [0.2, 0.25) is 0 Å². The minimum Gasteiger partial charge on any atom is -0.370 e. The Morgan fingerprint density at radius 3 is 2.27 bits per heavy atom. The summed E-state index contributed by atoms with van der Waals surface area (Å²) in [6.45, 7) is 8.26. The van der Waals surface area contributed by atoms with Crippen LogP contribution < -0.4 is 10.6 Å². The van der Waals surface area contributed by atoms with Crippen LogP contribution in [0.5, 0.6) is 0 Å². The maximum Gasteiger partial charge on any atom is 0.0919 e. The van der Waals surface area contributed by atoms with E-state index in [1.54, 1.807) is 0 Å². The van der Waals surface area contributed by atoms with Gasteiger partial charge in [-0.3, -0.25) is 0 Å². The highest BCUT2D eigenvalue weighted by Gasteiger charge is 2.14. The van der Waals surface area contributed by atoms with Crippen molar-refractivity contribution in [1.29, 1.82) is 0 Å². The first-order valence-corrected chi connectivity index (χ1v) is 7.94. The van der Waals surface area contributed by atoms with Crippen molar-refractivity contribution in [3.8, 4) is 0 Å². The SMILES string of the molecule is C=C(NC(C)C)NC(Cc1ccccc1Cl)c1ccccc1. The standard InChI is InChI=1S/C19H23ClN2/c1-14(2)21-15(3)22-19(16-9-5-4-6-10-16)13-17-11-7-8-12-18(17)20/h4-12,14,19,21-22H,3,13H2,1-2H3. The van der Waals surface area contributed by atoms with E-state index in [1.807, 2.05) is 24.3 Å². The predicted molar refractivity (Wildman–Crippen MR) is 94.9 cm³/mol. The predicted octanol–water partition coefficient (Wildman–Crippen LogP) is 4.68. The van der Waals surface area contributed by atoms with Crippen LogP contribution in [0.1, 0.15) is 31.0 Å². The molecule has 2 N–H and O–H groups in total. The van der Waals surface area contributed by atoms with Crippen molar-refractivity contribution in [1.82, 2.24) is 10.6 Å². The van der Waals surface area contributed by atoms with E-state index in [-0.39, 0.29) is 6.04 Å². The minimum absolute atomic E-state index is 0.125. The van der Waals surface area contributed by atoms with Gasteiger partial charge in [-0.25, -0.2) is 0 Å². The van der Waals surface area contributed by atoms with E-state index in [0.29, 0.717) is 6.04 Å². The molecule has 0 fully saturated rings. The smallest absolute Gasteiger partial charge is 0.0919 e. The summed E-state index contributed by atoms with van der Waals surface area (Å²) in [6.07, 6.45) is 0.808. The van der Waals surface area contributed by atoms with E-state index in [0.717, 1.165) is 22.8 Å². The highest BCUT2D eigenvalue weighted by Crippen LogP contribution is 2.24. The van der Waals surface area contributed by atoms with Gasteiger partial charge in [-0.2, -0.15) is 0 Å². The number of halogens is 1. The molecule has 1 atom stereocenters. The van der Waals surface area contributed by atoms with Gasteiger partial charge in [-0.1, -0.05) is 66.7 Å². The van der Waals surface area contributed by atoms with Crippen LogP contribution in [0.4, 0.5) is 0 Å². The zero-order valence-electron chi connectivity index (χ0n) is 13.1. The maximum atomic E-state index is 6.31. The van der Waals surface area contributed by atoms with Crippen LogP contribution in [-0.2, 0) is 6.42 Å². The van der Waals surface area contributed by atoms with Gasteiger partial charge in [0.05, 0.1) is 11.9 Å². The van der Waals surface area contributed by atoms with Crippen LogP contribution in [0.3, 0.4) is 0 Å². The van der Waals surface area contributed by atoms with Crippen LogP contribution in [0.2, 0.25) is 5.02 Å². The van der Waals surface area contributed by atoms with Gasteiger partial charge < -0.3 is 10.6 Å². The molecule has 0 saturated heterocycles. The third-order valence-electron chi connectivity index (χ3n) is 3.40. The van der Waals surface area contributed by atoms with Crippen molar-refractivity contribution in [2.75, 3.05) is 0 Å². The van der Waals surface area contributed by atoms with E-state index in [4.69, 9.17) is 11.6 Å². The Morgan fingerprint density at radius 1 is 1.00 bits per heavy atom. The molecular formula is C19H23ClN2. The molecule has 0 aliphatic carbocycles. The highest BCUT2D eigenvalue weighted by atomic mass is 35.5. The first kappa shape index (κ1) is 16.4. The monoisotopic (exact) mass is 314 g/mol. The fraction of sp³-hybridized carbons (Fsp3) is 0.263. The Bertz CT molecular complexity index is 608. The molecule has 0 saturated carbocycles. The fourth-order valence-electron chi connectivity index (χ4n) is 2.42. The van der Waals surface area contributed by atoms with Gasteiger partial charge in [-0.15, -0.1) is 0 Å². The van der Waals surface area contributed by atoms with Crippen LogP contribution in [-0.4, -0.2) is 6.04 Å². The summed E-state index contributed by atoms with van der Waals surface area (Å²) in [6, 6.07) is 18.8. The molecule has 22 heavy (non-hydrogen) atoms. The molecule has 0 aromatic heterocycles. The summed E-state index contributed by atoms with van der Waals surface area (Å²) < 4.78 is 0. The Hall–Kier alpha value is -1.93. The lowest BCUT2D eigenvalue weighted by molar-refractivity contribution is 0.532. The molecule has 0 aliphatic heterocycles. The van der Waals surface area contributed by atoms with Gasteiger partial charge in [-0.05, 0) is 37.5 Å². The van der Waals surface area contributed by atoms with Crippen molar-refractivity contribution >= 4 is 11.6 Å². The number of rotatable bonds is 7. The van der Waals surface area contributed by atoms with Crippen LogP contribution >= 0.6 is 11.6 Å². The summed E-state index contributed by atoms with van der Waals surface area (Å²) in [7, 11) is 0. The number of nitrogens with one attached hydrogen (secondary N) is 2. The molecule has 0 bridgehead atoms. The van der Waals surface area contributed by atoms with E-state index in [2.05, 4.69) is 61.4 Å². The molecule has 2 rings (SSSR count). The topological polar surface area (TPSA) is 24.1 Å². The summed E-state index contributed by atoms with van der Waals surface area (Å²) in [5.41, 5.74) is 2.34. The molecule has 0 heterocycles. The third-order valence-corrected chi connectivity index (χ3v) is 3.76. The first-order chi connectivity index (χ1) is 10.6. The average Bonchev–Trinajstić information content (AvgIpc) is 2.49. The van der Waals surface area contributed by atoms with E-state index >= 15 is 0 Å². The Balaban J connectivity index is 2.19. The number of hydrogen-bond acceptors (Lipinski definition) is 2. The molecule has 0 aliphatic rings. The molecule has 3 heteroatoms.